The summed E-state index contributed by atoms with van der Waals surface area (Å²) in [5, 5.41) is 0. The van der Waals surface area contributed by atoms with Gasteiger partial charge >= 0.3 is 5.97 Å². The summed E-state index contributed by atoms with van der Waals surface area (Å²) in [5.74, 6) is 0.620. The monoisotopic (exact) mass is 242 g/mol. The van der Waals surface area contributed by atoms with Crippen molar-refractivity contribution in [1.29, 1.82) is 0 Å². The Morgan fingerprint density at radius 3 is 2.28 bits per heavy atom. The summed E-state index contributed by atoms with van der Waals surface area (Å²) < 4.78 is 10.3. The van der Waals surface area contributed by atoms with Crippen molar-refractivity contribution in [3.8, 4) is 22.6 Å². The maximum absolute atomic E-state index is 11.1. The third kappa shape index (κ3) is 2.69. The first-order chi connectivity index (χ1) is 8.70. The molecule has 0 fully saturated rings. The summed E-state index contributed by atoms with van der Waals surface area (Å²) in [6, 6.07) is 15.4. The SMILES string of the molecule is COc1ccc(-c2ccccc2)cc1OC(C)=O. The van der Waals surface area contributed by atoms with Crippen LogP contribution in [0.3, 0.4) is 0 Å². The number of hydrogen-bond acceptors (Lipinski definition) is 3. The zero-order valence-electron chi connectivity index (χ0n) is 10.3. The molecule has 0 saturated carbocycles. The van der Waals surface area contributed by atoms with E-state index in [2.05, 4.69) is 0 Å². The highest BCUT2D eigenvalue weighted by atomic mass is 16.6. The predicted molar refractivity (Wildman–Crippen MR) is 69.7 cm³/mol. The van der Waals surface area contributed by atoms with Crippen molar-refractivity contribution < 1.29 is 14.3 Å². The number of carbonyl (C=O) groups excluding carboxylic acids is 1. The molecule has 0 amide bonds. The van der Waals surface area contributed by atoms with E-state index in [1.54, 1.807) is 19.2 Å². The van der Waals surface area contributed by atoms with E-state index in [4.69, 9.17) is 9.47 Å². The molecule has 2 rings (SSSR count). The Kier molecular flexibility index (Phi) is 3.63. The summed E-state index contributed by atoms with van der Waals surface area (Å²) in [6.45, 7) is 1.37. The van der Waals surface area contributed by atoms with Gasteiger partial charge in [-0.1, -0.05) is 36.4 Å². The Hall–Kier alpha value is -2.29. The smallest absolute Gasteiger partial charge is 0.308 e. The molecule has 0 atom stereocenters. The molecule has 0 radical (unpaired) electrons. The quantitative estimate of drug-likeness (QED) is 0.612. The van der Waals surface area contributed by atoms with Gasteiger partial charge < -0.3 is 9.47 Å². The molecule has 0 unspecified atom stereocenters. The first-order valence-electron chi connectivity index (χ1n) is 5.62. The van der Waals surface area contributed by atoms with Crippen molar-refractivity contribution in [1.82, 2.24) is 0 Å². The summed E-state index contributed by atoms with van der Waals surface area (Å²) >= 11 is 0. The van der Waals surface area contributed by atoms with Crippen molar-refractivity contribution in [2.45, 2.75) is 6.92 Å². The van der Waals surface area contributed by atoms with Crippen molar-refractivity contribution >= 4 is 5.97 Å². The van der Waals surface area contributed by atoms with Crippen LogP contribution in [0.15, 0.2) is 48.5 Å². The largest absolute Gasteiger partial charge is 0.493 e. The van der Waals surface area contributed by atoms with Gasteiger partial charge in [-0.15, -0.1) is 0 Å². The number of hydrogen-bond donors (Lipinski definition) is 0. The molecule has 0 bridgehead atoms. The molecule has 0 saturated heterocycles. The number of methoxy groups -OCH3 is 1. The molecule has 92 valence electrons. The lowest BCUT2D eigenvalue weighted by molar-refractivity contribution is -0.132. The molecular weight excluding hydrogens is 228 g/mol. The second-order valence-corrected chi connectivity index (χ2v) is 3.83. The molecule has 3 heteroatoms. The van der Waals surface area contributed by atoms with Gasteiger partial charge in [0.2, 0.25) is 0 Å². The van der Waals surface area contributed by atoms with Crippen LogP contribution in [0.5, 0.6) is 11.5 Å². The van der Waals surface area contributed by atoms with Gasteiger partial charge in [-0.05, 0) is 23.3 Å². The van der Waals surface area contributed by atoms with Crippen LogP contribution in [-0.2, 0) is 4.79 Å². The molecule has 3 nitrogen and oxygen atoms in total. The van der Waals surface area contributed by atoms with E-state index in [1.807, 2.05) is 36.4 Å². The summed E-state index contributed by atoms with van der Waals surface area (Å²) in [5.41, 5.74) is 2.04. The van der Waals surface area contributed by atoms with Crippen molar-refractivity contribution in [2.24, 2.45) is 0 Å². The fourth-order valence-electron chi connectivity index (χ4n) is 1.72. The average molecular weight is 242 g/mol. The molecule has 0 spiro atoms. The molecule has 2 aromatic carbocycles. The second-order valence-electron chi connectivity index (χ2n) is 3.83. The van der Waals surface area contributed by atoms with Gasteiger partial charge in [0.25, 0.3) is 0 Å². The minimum atomic E-state index is -0.362. The standard InChI is InChI=1S/C15H14O3/c1-11(16)18-15-10-13(8-9-14(15)17-2)12-6-4-3-5-7-12/h3-10H,1-2H3. The van der Waals surface area contributed by atoms with Gasteiger partial charge in [-0.3, -0.25) is 4.79 Å². The summed E-state index contributed by atoms with van der Waals surface area (Å²) in [4.78, 5) is 11.1. The van der Waals surface area contributed by atoms with E-state index in [-0.39, 0.29) is 5.97 Å². The average Bonchev–Trinajstić information content (AvgIpc) is 2.39. The molecule has 0 aliphatic rings. The molecule has 18 heavy (non-hydrogen) atoms. The van der Waals surface area contributed by atoms with Gasteiger partial charge in [0.15, 0.2) is 11.5 Å². The van der Waals surface area contributed by atoms with Crippen molar-refractivity contribution in [2.75, 3.05) is 7.11 Å². The minimum Gasteiger partial charge on any atom is -0.493 e. The van der Waals surface area contributed by atoms with Gasteiger partial charge in [-0.25, -0.2) is 0 Å². The lowest BCUT2D eigenvalue weighted by atomic mass is 10.1. The van der Waals surface area contributed by atoms with Crippen LogP contribution in [0.4, 0.5) is 0 Å². The number of carbonyl (C=O) groups is 1. The first-order valence-corrected chi connectivity index (χ1v) is 5.62. The normalized spacial score (nSPS) is 9.89. The third-order valence-electron chi connectivity index (χ3n) is 2.52. The number of benzene rings is 2. The molecule has 0 aliphatic carbocycles. The lowest BCUT2D eigenvalue weighted by Gasteiger charge is -2.10. The number of ether oxygens (including phenoxy) is 2. The predicted octanol–water partition coefficient (Wildman–Crippen LogP) is 3.29. The Balaban J connectivity index is 2.42. The second kappa shape index (κ2) is 5.36. The van der Waals surface area contributed by atoms with Crippen molar-refractivity contribution in [3.05, 3.63) is 48.5 Å². The van der Waals surface area contributed by atoms with Crippen LogP contribution in [-0.4, -0.2) is 13.1 Å². The Bertz CT molecular complexity index is 547. The molecule has 0 N–H and O–H groups in total. The third-order valence-corrected chi connectivity index (χ3v) is 2.52. The topological polar surface area (TPSA) is 35.5 Å². The molecule has 2 aromatic rings. The van der Waals surface area contributed by atoms with E-state index in [9.17, 15) is 4.79 Å². The first kappa shape index (κ1) is 12.2. The van der Waals surface area contributed by atoms with E-state index in [1.165, 1.54) is 6.92 Å². The molecule has 0 aliphatic heterocycles. The van der Waals surface area contributed by atoms with Crippen molar-refractivity contribution in [3.63, 3.8) is 0 Å². The van der Waals surface area contributed by atoms with E-state index in [0.717, 1.165) is 11.1 Å². The summed E-state index contributed by atoms with van der Waals surface area (Å²) in [7, 11) is 1.55. The Morgan fingerprint density at radius 2 is 1.67 bits per heavy atom. The van der Waals surface area contributed by atoms with Crippen LogP contribution in [0.1, 0.15) is 6.92 Å². The van der Waals surface area contributed by atoms with Crippen LogP contribution >= 0.6 is 0 Å². The Labute approximate surface area is 106 Å². The molecule has 0 aromatic heterocycles. The zero-order chi connectivity index (χ0) is 13.0. The van der Waals surface area contributed by atoms with Crippen LogP contribution in [0.2, 0.25) is 0 Å². The van der Waals surface area contributed by atoms with Gasteiger partial charge in [0.05, 0.1) is 7.11 Å². The highest BCUT2D eigenvalue weighted by Crippen LogP contribution is 2.32. The Morgan fingerprint density at radius 1 is 0.944 bits per heavy atom. The molecular formula is C15H14O3. The maximum Gasteiger partial charge on any atom is 0.308 e. The fourth-order valence-corrected chi connectivity index (χ4v) is 1.72. The minimum absolute atomic E-state index is 0.362. The van der Waals surface area contributed by atoms with E-state index >= 15 is 0 Å². The van der Waals surface area contributed by atoms with E-state index in [0.29, 0.717) is 11.5 Å². The molecule has 0 heterocycles. The zero-order valence-corrected chi connectivity index (χ0v) is 10.3. The van der Waals surface area contributed by atoms with Crippen LogP contribution in [0, 0.1) is 0 Å². The van der Waals surface area contributed by atoms with E-state index < -0.39 is 0 Å². The van der Waals surface area contributed by atoms with Crippen LogP contribution < -0.4 is 9.47 Å². The fraction of sp³-hybridized carbons (Fsp3) is 0.133. The van der Waals surface area contributed by atoms with Gasteiger partial charge in [-0.2, -0.15) is 0 Å². The van der Waals surface area contributed by atoms with Crippen LogP contribution in [0.25, 0.3) is 11.1 Å². The number of rotatable bonds is 3. The van der Waals surface area contributed by atoms with Gasteiger partial charge in [0.1, 0.15) is 0 Å². The summed E-state index contributed by atoms with van der Waals surface area (Å²) in [6.07, 6.45) is 0. The highest BCUT2D eigenvalue weighted by Gasteiger charge is 2.08. The maximum atomic E-state index is 11.1. The number of esters is 1. The lowest BCUT2D eigenvalue weighted by Crippen LogP contribution is -2.03. The van der Waals surface area contributed by atoms with Gasteiger partial charge in [0, 0.05) is 6.92 Å². The highest BCUT2D eigenvalue weighted by molar-refractivity contribution is 5.73.